The molecule has 1 aromatic rings. The van der Waals surface area contributed by atoms with Gasteiger partial charge in [0.2, 0.25) is 10.0 Å². The molecule has 116 valence electrons. The van der Waals surface area contributed by atoms with Crippen LogP contribution in [0.1, 0.15) is 18.4 Å². The number of thioether (sulfide) groups is 1. The highest BCUT2D eigenvalue weighted by Gasteiger charge is 2.27. The largest absolute Gasteiger partial charge is 0.310 e. The van der Waals surface area contributed by atoms with E-state index in [1.54, 1.807) is 28.2 Å². The van der Waals surface area contributed by atoms with Crippen molar-refractivity contribution in [3.63, 3.8) is 0 Å². The van der Waals surface area contributed by atoms with E-state index in [1.807, 2.05) is 6.07 Å². The van der Waals surface area contributed by atoms with E-state index in [1.165, 1.54) is 12.8 Å². The van der Waals surface area contributed by atoms with Gasteiger partial charge < -0.3 is 5.32 Å². The lowest BCUT2D eigenvalue weighted by Crippen LogP contribution is -2.37. The summed E-state index contributed by atoms with van der Waals surface area (Å²) in [5, 5.41) is 3.91. The topological polar surface area (TPSA) is 49.4 Å². The van der Waals surface area contributed by atoms with E-state index in [2.05, 4.69) is 5.32 Å². The summed E-state index contributed by atoms with van der Waals surface area (Å²) in [6.45, 7) is 1.86. The molecule has 2 aliphatic rings. The average Bonchev–Trinajstić information content (AvgIpc) is 3.31. The van der Waals surface area contributed by atoms with Crippen LogP contribution in [0.4, 0.5) is 0 Å². The minimum absolute atomic E-state index is 0.301. The monoisotopic (exact) mass is 346 g/mol. The van der Waals surface area contributed by atoms with Crippen LogP contribution in [0.15, 0.2) is 23.1 Å². The van der Waals surface area contributed by atoms with Gasteiger partial charge >= 0.3 is 0 Å². The lowest BCUT2D eigenvalue weighted by molar-refractivity contribution is 0.443. The van der Waals surface area contributed by atoms with Crippen LogP contribution in [0.3, 0.4) is 0 Å². The van der Waals surface area contributed by atoms with Crippen molar-refractivity contribution in [2.75, 3.05) is 24.6 Å². The number of sulfonamides is 1. The summed E-state index contributed by atoms with van der Waals surface area (Å²) in [7, 11) is -3.41. The summed E-state index contributed by atoms with van der Waals surface area (Å²) in [6.07, 6.45) is 2.44. The van der Waals surface area contributed by atoms with E-state index >= 15 is 0 Å². The molecule has 4 nitrogen and oxygen atoms in total. The van der Waals surface area contributed by atoms with Crippen molar-refractivity contribution >= 4 is 33.4 Å². The fourth-order valence-corrected chi connectivity index (χ4v) is 5.22. The highest BCUT2D eigenvalue weighted by Crippen LogP contribution is 2.26. The molecule has 0 aromatic heterocycles. The van der Waals surface area contributed by atoms with E-state index in [4.69, 9.17) is 11.6 Å². The van der Waals surface area contributed by atoms with Crippen LogP contribution in [0.5, 0.6) is 0 Å². The van der Waals surface area contributed by atoms with Gasteiger partial charge in [-0.3, -0.25) is 0 Å². The standard InChI is InChI=1S/C14H19ClN2O2S2/c15-14-9-13(4-1-11(14)10-16-12-2-3-12)21(18,19)17-5-7-20-8-6-17/h1,4,9,12,16H,2-3,5-8,10H2. The number of nitrogens with zero attached hydrogens (tertiary/aromatic N) is 1. The third-order valence-corrected chi connectivity index (χ3v) is 6.98. The molecular formula is C14H19ClN2O2S2. The first-order valence-electron chi connectivity index (χ1n) is 7.17. The van der Waals surface area contributed by atoms with Gasteiger partial charge in [0, 0.05) is 42.2 Å². The normalized spacial score (nSPS) is 20.6. The summed E-state index contributed by atoms with van der Waals surface area (Å²) >= 11 is 8.04. The molecule has 0 bridgehead atoms. The molecule has 0 radical (unpaired) electrons. The Balaban J connectivity index is 1.76. The number of nitrogens with one attached hydrogen (secondary N) is 1. The van der Waals surface area contributed by atoms with Crippen molar-refractivity contribution in [2.45, 2.75) is 30.3 Å². The lowest BCUT2D eigenvalue weighted by Gasteiger charge is -2.25. The van der Waals surface area contributed by atoms with Crippen LogP contribution in [-0.4, -0.2) is 43.4 Å². The van der Waals surface area contributed by atoms with Gasteiger partial charge in [-0.2, -0.15) is 16.1 Å². The molecule has 1 aliphatic carbocycles. The second-order valence-corrected chi connectivity index (χ2v) is 8.99. The smallest absolute Gasteiger partial charge is 0.243 e. The van der Waals surface area contributed by atoms with Crippen LogP contribution in [-0.2, 0) is 16.6 Å². The predicted molar refractivity (Wildman–Crippen MR) is 87.4 cm³/mol. The lowest BCUT2D eigenvalue weighted by atomic mass is 10.2. The van der Waals surface area contributed by atoms with E-state index in [0.717, 1.165) is 17.1 Å². The van der Waals surface area contributed by atoms with E-state index in [9.17, 15) is 8.42 Å². The van der Waals surface area contributed by atoms with Crippen LogP contribution in [0, 0.1) is 0 Å². The van der Waals surface area contributed by atoms with Crippen molar-refractivity contribution in [1.29, 1.82) is 0 Å². The average molecular weight is 347 g/mol. The van der Waals surface area contributed by atoms with Crippen molar-refractivity contribution < 1.29 is 8.42 Å². The van der Waals surface area contributed by atoms with Crippen LogP contribution < -0.4 is 5.32 Å². The van der Waals surface area contributed by atoms with Crippen molar-refractivity contribution in [1.82, 2.24) is 9.62 Å². The Hall–Kier alpha value is -0.270. The van der Waals surface area contributed by atoms with Gasteiger partial charge in [-0.25, -0.2) is 8.42 Å². The Morgan fingerprint density at radius 3 is 2.62 bits per heavy atom. The Kier molecular flexibility index (Phi) is 4.81. The molecule has 0 atom stereocenters. The summed E-state index contributed by atoms with van der Waals surface area (Å²) in [6, 6.07) is 5.69. The molecule has 1 heterocycles. The van der Waals surface area contributed by atoms with Crippen molar-refractivity contribution in [3.05, 3.63) is 28.8 Å². The number of halogens is 1. The summed E-state index contributed by atoms with van der Waals surface area (Å²) in [5.41, 5.74) is 0.955. The van der Waals surface area contributed by atoms with Gasteiger partial charge in [0.15, 0.2) is 0 Å². The molecule has 0 amide bonds. The van der Waals surface area contributed by atoms with E-state index in [-0.39, 0.29) is 0 Å². The minimum Gasteiger partial charge on any atom is -0.310 e. The SMILES string of the molecule is O=S(=O)(c1ccc(CNC2CC2)c(Cl)c1)N1CCSCC1. The van der Waals surface area contributed by atoms with Gasteiger partial charge in [0.05, 0.1) is 4.90 Å². The molecule has 1 aromatic carbocycles. The summed E-state index contributed by atoms with van der Waals surface area (Å²) in [4.78, 5) is 0.301. The van der Waals surface area contributed by atoms with Gasteiger partial charge in [0.25, 0.3) is 0 Å². The molecule has 0 spiro atoms. The molecule has 7 heteroatoms. The number of benzene rings is 1. The molecule has 1 saturated carbocycles. The van der Waals surface area contributed by atoms with Gasteiger partial charge in [-0.05, 0) is 30.5 Å². The molecule has 0 unspecified atom stereocenters. The molecule has 3 rings (SSSR count). The summed E-state index contributed by atoms with van der Waals surface area (Å²) < 4.78 is 26.7. The first kappa shape index (κ1) is 15.6. The van der Waals surface area contributed by atoms with Crippen LogP contribution in [0.25, 0.3) is 0 Å². The fourth-order valence-electron chi connectivity index (χ4n) is 2.31. The molecule has 2 fully saturated rings. The Morgan fingerprint density at radius 2 is 2.00 bits per heavy atom. The maximum absolute atomic E-state index is 12.6. The Bertz CT molecular complexity index is 611. The molecule has 21 heavy (non-hydrogen) atoms. The quantitative estimate of drug-likeness (QED) is 0.889. The van der Waals surface area contributed by atoms with Crippen LogP contribution >= 0.6 is 23.4 Å². The first-order valence-corrected chi connectivity index (χ1v) is 10.1. The zero-order valence-electron chi connectivity index (χ0n) is 11.7. The highest BCUT2D eigenvalue weighted by molar-refractivity contribution is 7.99. The molecule has 1 aliphatic heterocycles. The molecule has 1 saturated heterocycles. The minimum atomic E-state index is -3.41. The third-order valence-electron chi connectivity index (χ3n) is 3.79. The van der Waals surface area contributed by atoms with E-state index < -0.39 is 10.0 Å². The maximum atomic E-state index is 12.6. The summed E-state index contributed by atoms with van der Waals surface area (Å²) in [5.74, 6) is 1.71. The van der Waals surface area contributed by atoms with E-state index in [0.29, 0.717) is 35.6 Å². The van der Waals surface area contributed by atoms with Crippen molar-refractivity contribution in [2.24, 2.45) is 0 Å². The van der Waals surface area contributed by atoms with Gasteiger partial charge in [0.1, 0.15) is 0 Å². The second kappa shape index (κ2) is 6.46. The zero-order valence-corrected chi connectivity index (χ0v) is 14.1. The molecular weight excluding hydrogens is 328 g/mol. The molecule has 1 N–H and O–H groups in total. The van der Waals surface area contributed by atoms with Gasteiger partial charge in [-0.15, -0.1) is 0 Å². The number of hydrogen-bond donors (Lipinski definition) is 1. The Morgan fingerprint density at radius 1 is 1.29 bits per heavy atom. The highest BCUT2D eigenvalue weighted by atomic mass is 35.5. The Labute approximate surface area is 135 Å². The predicted octanol–water partition coefficient (Wildman–Crippen LogP) is 2.33. The number of rotatable bonds is 5. The third kappa shape index (κ3) is 3.74. The first-order chi connectivity index (χ1) is 10.1. The second-order valence-electron chi connectivity index (χ2n) is 5.42. The van der Waals surface area contributed by atoms with Gasteiger partial charge in [-0.1, -0.05) is 17.7 Å². The fraction of sp³-hybridized carbons (Fsp3) is 0.571. The zero-order chi connectivity index (χ0) is 14.9. The van der Waals surface area contributed by atoms with Crippen molar-refractivity contribution in [3.8, 4) is 0 Å². The van der Waals surface area contributed by atoms with Crippen LogP contribution in [0.2, 0.25) is 5.02 Å². The number of hydrogen-bond acceptors (Lipinski definition) is 4. The maximum Gasteiger partial charge on any atom is 0.243 e.